The van der Waals surface area contributed by atoms with Crippen molar-refractivity contribution in [3.63, 3.8) is 0 Å². The molecule has 0 aliphatic heterocycles. The molecule has 0 atom stereocenters. The van der Waals surface area contributed by atoms with E-state index in [0.717, 1.165) is 4.88 Å². The second-order valence-electron chi connectivity index (χ2n) is 4.09. The zero-order chi connectivity index (χ0) is 15.5. The molecule has 0 unspecified atom stereocenters. The molecule has 2 rings (SSSR count). The van der Waals surface area contributed by atoms with Gasteiger partial charge in [-0.05, 0) is 42.1 Å². The molecule has 21 heavy (non-hydrogen) atoms. The lowest BCUT2D eigenvalue weighted by Gasteiger charge is -2.08. The van der Waals surface area contributed by atoms with Gasteiger partial charge in [0.05, 0.1) is 5.56 Å². The minimum absolute atomic E-state index is 0.139. The number of benzene rings is 1. The van der Waals surface area contributed by atoms with Crippen LogP contribution in [0.3, 0.4) is 0 Å². The Morgan fingerprint density at radius 2 is 1.95 bits per heavy atom. The molecule has 8 heteroatoms. The molecule has 3 nitrogen and oxygen atoms in total. The Bertz CT molecular complexity index is 623. The molecule has 0 aliphatic carbocycles. The average Bonchev–Trinajstić information content (AvgIpc) is 2.85. The van der Waals surface area contributed by atoms with Crippen molar-refractivity contribution in [2.45, 2.75) is 16.9 Å². The summed E-state index contributed by atoms with van der Waals surface area (Å²) in [6.45, 7) is 0.476. The minimum Gasteiger partial charge on any atom is -0.380 e. The lowest BCUT2D eigenvalue weighted by atomic mass is 10.3. The number of amides is 1. The number of nitrogens with one attached hydrogen (secondary N) is 1. The van der Waals surface area contributed by atoms with Gasteiger partial charge in [0.15, 0.2) is 0 Å². The quantitative estimate of drug-likeness (QED) is 0.812. The van der Waals surface area contributed by atoms with E-state index in [4.69, 9.17) is 5.73 Å². The number of nitrogens with two attached hydrogens (primary N) is 1. The normalized spacial score (nSPS) is 11.4. The maximum Gasteiger partial charge on any atom is 0.446 e. The zero-order valence-corrected chi connectivity index (χ0v) is 12.2. The molecule has 1 amide bonds. The van der Waals surface area contributed by atoms with Gasteiger partial charge in [0, 0.05) is 27.4 Å². The highest BCUT2D eigenvalue weighted by molar-refractivity contribution is 8.00. The molecule has 1 aromatic heterocycles. The average molecular weight is 332 g/mol. The van der Waals surface area contributed by atoms with Crippen LogP contribution in [0.1, 0.15) is 15.2 Å². The molecular weight excluding hydrogens is 321 g/mol. The Kier molecular flexibility index (Phi) is 4.79. The number of rotatable bonds is 5. The van der Waals surface area contributed by atoms with E-state index in [9.17, 15) is 18.0 Å². The number of anilines is 1. The number of hydrogen-bond acceptors (Lipinski definition) is 4. The molecule has 0 saturated heterocycles. The van der Waals surface area contributed by atoms with E-state index >= 15 is 0 Å². The van der Waals surface area contributed by atoms with E-state index in [2.05, 4.69) is 5.32 Å². The lowest BCUT2D eigenvalue weighted by molar-refractivity contribution is -0.0328. The fourth-order valence-electron chi connectivity index (χ4n) is 1.57. The Hall–Kier alpha value is -1.67. The van der Waals surface area contributed by atoms with E-state index in [0.29, 0.717) is 17.8 Å². The third-order valence-corrected chi connectivity index (χ3v) is 4.17. The van der Waals surface area contributed by atoms with Crippen LogP contribution in [0.2, 0.25) is 0 Å². The van der Waals surface area contributed by atoms with Crippen molar-refractivity contribution < 1.29 is 18.0 Å². The monoisotopic (exact) mass is 332 g/mol. The fourth-order valence-corrected chi connectivity index (χ4v) is 2.92. The highest BCUT2D eigenvalue weighted by Crippen LogP contribution is 2.37. The van der Waals surface area contributed by atoms with Crippen molar-refractivity contribution in [1.82, 2.24) is 0 Å². The third kappa shape index (κ3) is 4.98. The van der Waals surface area contributed by atoms with Crippen LogP contribution in [0, 0.1) is 0 Å². The van der Waals surface area contributed by atoms with Crippen molar-refractivity contribution >= 4 is 34.7 Å². The van der Waals surface area contributed by atoms with Crippen LogP contribution in [0.5, 0.6) is 0 Å². The number of hydrogen-bond donors (Lipinski definition) is 2. The molecule has 1 heterocycles. The van der Waals surface area contributed by atoms with Crippen LogP contribution in [-0.4, -0.2) is 11.4 Å². The molecule has 0 saturated carbocycles. The van der Waals surface area contributed by atoms with Crippen LogP contribution in [0.15, 0.2) is 40.6 Å². The summed E-state index contributed by atoms with van der Waals surface area (Å²) >= 11 is 1.25. The molecule has 0 bridgehead atoms. The largest absolute Gasteiger partial charge is 0.446 e. The number of primary amides is 1. The second kappa shape index (κ2) is 6.40. The van der Waals surface area contributed by atoms with Gasteiger partial charge < -0.3 is 11.1 Å². The Morgan fingerprint density at radius 1 is 1.29 bits per heavy atom. The summed E-state index contributed by atoms with van der Waals surface area (Å²) in [6, 6.07) is 7.66. The van der Waals surface area contributed by atoms with Crippen molar-refractivity contribution in [3.8, 4) is 0 Å². The maximum absolute atomic E-state index is 12.2. The zero-order valence-electron chi connectivity index (χ0n) is 10.6. The fraction of sp³-hybridized carbons (Fsp3) is 0.154. The van der Waals surface area contributed by atoms with Crippen molar-refractivity contribution in [1.29, 1.82) is 0 Å². The minimum atomic E-state index is -4.28. The van der Waals surface area contributed by atoms with Crippen LogP contribution < -0.4 is 11.1 Å². The predicted octanol–water partition coefficient (Wildman–Crippen LogP) is 4.07. The number of thiophene rings is 1. The van der Waals surface area contributed by atoms with E-state index in [1.165, 1.54) is 23.5 Å². The highest BCUT2D eigenvalue weighted by Gasteiger charge is 2.28. The van der Waals surface area contributed by atoms with E-state index in [1.807, 2.05) is 0 Å². The van der Waals surface area contributed by atoms with Crippen LogP contribution in [0.25, 0.3) is 0 Å². The van der Waals surface area contributed by atoms with Gasteiger partial charge in [0.1, 0.15) is 0 Å². The van der Waals surface area contributed by atoms with Gasteiger partial charge in [-0.2, -0.15) is 13.2 Å². The molecule has 0 fully saturated rings. The third-order valence-electron chi connectivity index (χ3n) is 2.49. The van der Waals surface area contributed by atoms with Gasteiger partial charge in [0.2, 0.25) is 5.91 Å². The molecule has 1 aromatic carbocycles. The molecule has 0 aliphatic rings. The summed E-state index contributed by atoms with van der Waals surface area (Å²) in [5.74, 6) is -0.481. The smallest absolute Gasteiger partial charge is 0.380 e. The number of carbonyl (C=O) groups excluding carboxylic acids is 1. The van der Waals surface area contributed by atoms with Gasteiger partial charge in [-0.15, -0.1) is 11.3 Å². The first-order valence-corrected chi connectivity index (χ1v) is 7.50. The van der Waals surface area contributed by atoms with Gasteiger partial charge >= 0.3 is 5.51 Å². The summed E-state index contributed by atoms with van der Waals surface area (Å²) in [4.78, 5) is 12.0. The molecule has 2 aromatic rings. The van der Waals surface area contributed by atoms with Gasteiger partial charge in [0.25, 0.3) is 0 Å². The summed E-state index contributed by atoms with van der Waals surface area (Å²) in [6.07, 6.45) is 0. The van der Waals surface area contributed by atoms with Crippen LogP contribution in [-0.2, 0) is 6.54 Å². The van der Waals surface area contributed by atoms with Gasteiger partial charge in [-0.1, -0.05) is 0 Å². The summed E-state index contributed by atoms with van der Waals surface area (Å²) in [7, 11) is 0. The SMILES string of the molecule is NC(=O)c1csc(CNc2ccc(SC(F)(F)F)cc2)c1. The molecular formula is C13H11F3N2OS2. The summed E-state index contributed by atoms with van der Waals surface area (Å²) < 4.78 is 36.6. The van der Waals surface area contributed by atoms with E-state index < -0.39 is 11.4 Å². The number of halogens is 3. The molecule has 112 valence electrons. The number of alkyl halides is 3. The lowest BCUT2D eigenvalue weighted by Crippen LogP contribution is -2.09. The molecule has 0 spiro atoms. The van der Waals surface area contributed by atoms with Crippen LogP contribution in [0.4, 0.5) is 18.9 Å². The van der Waals surface area contributed by atoms with Gasteiger partial charge in [-0.25, -0.2) is 0 Å². The summed E-state index contributed by atoms with van der Waals surface area (Å²) in [5.41, 5.74) is 2.03. The van der Waals surface area contributed by atoms with Crippen molar-refractivity contribution in [3.05, 3.63) is 46.2 Å². The Balaban J connectivity index is 1.92. The summed E-state index contributed by atoms with van der Waals surface area (Å²) in [5, 5.41) is 4.74. The molecule has 0 radical (unpaired) electrons. The standard InChI is InChI=1S/C13H11F3N2OS2/c14-13(15,16)21-10-3-1-9(2-4-10)18-6-11-5-8(7-20-11)12(17)19/h1-5,7,18H,6H2,(H2,17,19). The van der Waals surface area contributed by atoms with Crippen molar-refractivity contribution in [2.24, 2.45) is 5.73 Å². The Labute approximate surface area is 127 Å². The first-order valence-electron chi connectivity index (χ1n) is 5.80. The number of carbonyl (C=O) groups is 1. The maximum atomic E-state index is 12.2. The van der Waals surface area contributed by atoms with Gasteiger partial charge in [-0.3, -0.25) is 4.79 Å². The van der Waals surface area contributed by atoms with Crippen molar-refractivity contribution in [2.75, 3.05) is 5.32 Å². The predicted molar refractivity (Wildman–Crippen MR) is 78.5 cm³/mol. The highest BCUT2D eigenvalue weighted by atomic mass is 32.2. The second-order valence-corrected chi connectivity index (χ2v) is 6.23. The number of thioether (sulfide) groups is 1. The van der Waals surface area contributed by atoms with Crippen LogP contribution >= 0.6 is 23.1 Å². The Morgan fingerprint density at radius 3 is 2.48 bits per heavy atom. The van der Waals surface area contributed by atoms with E-state index in [-0.39, 0.29) is 16.7 Å². The molecule has 3 N–H and O–H groups in total. The first kappa shape index (κ1) is 15.7. The topological polar surface area (TPSA) is 55.1 Å². The first-order chi connectivity index (χ1) is 9.83. The van der Waals surface area contributed by atoms with E-state index in [1.54, 1.807) is 23.6 Å².